The topological polar surface area (TPSA) is 96.7 Å². The van der Waals surface area contributed by atoms with Crippen molar-refractivity contribution in [2.75, 3.05) is 39.8 Å². The molecule has 26 heavy (non-hydrogen) atoms. The molecule has 1 aromatic rings. The van der Waals surface area contributed by atoms with E-state index in [9.17, 15) is 9.59 Å². The summed E-state index contributed by atoms with van der Waals surface area (Å²) in [6.07, 6.45) is 2.49. The first-order valence-electron chi connectivity index (χ1n) is 9.21. The second kappa shape index (κ2) is 10.9. The summed E-state index contributed by atoms with van der Waals surface area (Å²) in [5.41, 5.74) is 7.08. The normalized spacial score (nSPS) is 15.6. The van der Waals surface area contributed by atoms with Crippen LogP contribution in [-0.2, 0) is 16.1 Å². The lowest BCUT2D eigenvalue weighted by atomic mass is 10.1. The third-order valence-corrected chi connectivity index (χ3v) is 4.63. The van der Waals surface area contributed by atoms with E-state index in [2.05, 4.69) is 15.5 Å². The number of carbonyl (C=O) groups is 2. The van der Waals surface area contributed by atoms with E-state index in [1.807, 2.05) is 12.1 Å². The predicted octanol–water partition coefficient (Wildman–Crippen LogP) is 0.492. The maximum atomic E-state index is 12.2. The molecule has 1 heterocycles. The molecule has 0 aromatic heterocycles. The summed E-state index contributed by atoms with van der Waals surface area (Å²) < 4.78 is 5.10. The Kier molecular flexibility index (Phi) is 8.53. The van der Waals surface area contributed by atoms with Gasteiger partial charge in [0.25, 0.3) is 5.91 Å². The zero-order chi connectivity index (χ0) is 18.8. The first-order chi connectivity index (χ1) is 12.6. The Labute approximate surface area is 155 Å². The molecule has 1 aliphatic heterocycles. The van der Waals surface area contributed by atoms with Gasteiger partial charge in [0.15, 0.2) is 0 Å². The molecule has 0 radical (unpaired) electrons. The number of amides is 2. The molecule has 0 bridgehead atoms. The van der Waals surface area contributed by atoms with Crippen molar-refractivity contribution >= 4 is 11.8 Å². The van der Waals surface area contributed by atoms with Gasteiger partial charge in [-0.25, -0.2) is 0 Å². The molecule has 4 N–H and O–H groups in total. The molecule has 1 aromatic carbocycles. The summed E-state index contributed by atoms with van der Waals surface area (Å²) in [4.78, 5) is 26.4. The zero-order valence-corrected chi connectivity index (χ0v) is 15.5. The van der Waals surface area contributed by atoms with Gasteiger partial charge in [-0.1, -0.05) is 12.1 Å². The summed E-state index contributed by atoms with van der Waals surface area (Å²) in [5.74, 6) is -0.170. The van der Waals surface area contributed by atoms with E-state index in [0.29, 0.717) is 25.2 Å². The predicted molar refractivity (Wildman–Crippen MR) is 101 cm³/mol. The van der Waals surface area contributed by atoms with E-state index < -0.39 is 0 Å². The molecule has 1 aliphatic rings. The SMILES string of the molecule is COC(CN)CC(=O)NCc1ccc(C(=O)NCCN2CCCC2)cc1. The number of carbonyl (C=O) groups excluding carboxylic acids is 2. The first kappa shape index (κ1) is 20.4. The summed E-state index contributed by atoms with van der Waals surface area (Å²) in [6, 6.07) is 7.27. The molecule has 7 heteroatoms. The van der Waals surface area contributed by atoms with E-state index in [1.54, 1.807) is 19.2 Å². The van der Waals surface area contributed by atoms with Crippen molar-refractivity contribution in [2.24, 2.45) is 5.73 Å². The van der Waals surface area contributed by atoms with Crippen LogP contribution in [0.15, 0.2) is 24.3 Å². The third-order valence-electron chi connectivity index (χ3n) is 4.63. The van der Waals surface area contributed by atoms with Crippen LogP contribution in [0.1, 0.15) is 35.2 Å². The third kappa shape index (κ3) is 6.74. The minimum Gasteiger partial charge on any atom is -0.380 e. The maximum Gasteiger partial charge on any atom is 0.251 e. The Balaban J connectivity index is 1.71. The van der Waals surface area contributed by atoms with Crippen molar-refractivity contribution in [3.8, 4) is 0 Å². The molecule has 2 amide bonds. The van der Waals surface area contributed by atoms with Gasteiger partial charge in [0.05, 0.1) is 12.5 Å². The van der Waals surface area contributed by atoms with Crippen molar-refractivity contribution in [3.63, 3.8) is 0 Å². The number of rotatable bonds is 10. The summed E-state index contributed by atoms with van der Waals surface area (Å²) in [6.45, 7) is 4.56. The first-order valence-corrected chi connectivity index (χ1v) is 9.21. The van der Waals surface area contributed by atoms with Crippen LogP contribution in [0.5, 0.6) is 0 Å². The fourth-order valence-corrected chi connectivity index (χ4v) is 2.95. The van der Waals surface area contributed by atoms with Gasteiger partial charge in [-0.15, -0.1) is 0 Å². The highest BCUT2D eigenvalue weighted by molar-refractivity contribution is 5.94. The fourth-order valence-electron chi connectivity index (χ4n) is 2.95. The molecule has 0 aliphatic carbocycles. The average molecular weight is 362 g/mol. The monoisotopic (exact) mass is 362 g/mol. The molecule has 0 spiro atoms. The Bertz CT molecular complexity index is 567. The maximum absolute atomic E-state index is 12.2. The molecule has 7 nitrogen and oxygen atoms in total. The highest BCUT2D eigenvalue weighted by atomic mass is 16.5. The molecule has 1 saturated heterocycles. The highest BCUT2D eigenvalue weighted by Crippen LogP contribution is 2.07. The van der Waals surface area contributed by atoms with Crippen LogP contribution in [0.3, 0.4) is 0 Å². The van der Waals surface area contributed by atoms with Crippen LogP contribution in [0.2, 0.25) is 0 Å². The number of hydrogen-bond acceptors (Lipinski definition) is 5. The summed E-state index contributed by atoms with van der Waals surface area (Å²) in [5, 5.41) is 5.79. The molecule has 1 fully saturated rings. The number of benzene rings is 1. The molecule has 0 saturated carbocycles. The quantitative estimate of drug-likeness (QED) is 0.563. The van der Waals surface area contributed by atoms with Gasteiger partial charge in [-0.05, 0) is 43.6 Å². The minimum absolute atomic E-state index is 0.0642. The minimum atomic E-state index is -0.262. The standard InChI is InChI=1S/C19H30N4O3/c1-26-17(13-20)12-18(24)22-14-15-4-6-16(7-5-15)19(25)21-8-11-23-9-2-3-10-23/h4-7,17H,2-3,8-14,20H2,1H3,(H,21,25)(H,22,24). The van der Waals surface area contributed by atoms with Crippen molar-refractivity contribution < 1.29 is 14.3 Å². The Morgan fingerprint density at radius 2 is 1.88 bits per heavy atom. The number of likely N-dealkylation sites (tertiary alicyclic amines) is 1. The molecule has 144 valence electrons. The molecular formula is C19H30N4O3. The van der Waals surface area contributed by atoms with E-state index >= 15 is 0 Å². The zero-order valence-electron chi connectivity index (χ0n) is 15.5. The smallest absolute Gasteiger partial charge is 0.251 e. The number of nitrogens with one attached hydrogen (secondary N) is 2. The Morgan fingerprint density at radius 1 is 1.19 bits per heavy atom. The Hall–Kier alpha value is -1.96. The Morgan fingerprint density at radius 3 is 2.50 bits per heavy atom. The lowest BCUT2D eigenvalue weighted by molar-refractivity contribution is -0.123. The largest absolute Gasteiger partial charge is 0.380 e. The van der Waals surface area contributed by atoms with Gasteiger partial charge in [0.2, 0.25) is 5.91 Å². The van der Waals surface area contributed by atoms with Crippen LogP contribution in [0, 0.1) is 0 Å². The summed E-state index contributed by atoms with van der Waals surface area (Å²) >= 11 is 0. The molecule has 1 atom stereocenters. The van der Waals surface area contributed by atoms with Gasteiger partial charge in [-0.3, -0.25) is 9.59 Å². The van der Waals surface area contributed by atoms with Crippen LogP contribution in [0.4, 0.5) is 0 Å². The van der Waals surface area contributed by atoms with Crippen molar-refractivity contribution in [1.82, 2.24) is 15.5 Å². The van der Waals surface area contributed by atoms with Gasteiger partial charge in [-0.2, -0.15) is 0 Å². The van der Waals surface area contributed by atoms with Crippen LogP contribution in [-0.4, -0.2) is 62.7 Å². The number of nitrogens with zero attached hydrogens (tertiary/aromatic N) is 1. The van der Waals surface area contributed by atoms with Gasteiger partial charge >= 0.3 is 0 Å². The van der Waals surface area contributed by atoms with Crippen molar-refractivity contribution in [3.05, 3.63) is 35.4 Å². The van der Waals surface area contributed by atoms with Crippen LogP contribution >= 0.6 is 0 Å². The van der Waals surface area contributed by atoms with E-state index in [0.717, 1.165) is 25.2 Å². The second-order valence-corrected chi connectivity index (χ2v) is 6.58. The van der Waals surface area contributed by atoms with Crippen LogP contribution < -0.4 is 16.4 Å². The molecular weight excluding hydrogens is 332 g/mol. The van der Waals surface area contributed by atoms with Crippen LogP contribution in [0.25, 0.3) is 0 Å². The van der Waals surface area contributed by atoms with Gasteiger partial charge < -0.3 is 26.0 Å². The average Bonchev–Trinajstić information content (AvgIpc) is 3.18. The van der Waals surface area contributed by atoms with Crippen molar-refractivity contribution in [2.45, 2.75) is 31.9 Å². The van der Waals surface area contributed by atoms with E-state index in [1.165, 1.54) is 12.8 Å². The van der Waals surface area contributed by atoms with E-state index in [-0.39, 0.29) is 24.3 Å². The molecule has 1 unspecified atom stereocenters. The number of methoxy groups -OCH3 is 1. The number of ether oxygens (including phenoxy) is 1. The highest BCUT2D eigenvalue weighted by Gasteiger charge is 2.12. The number of nitrogens with two attached hydrogens (primary N) is 1. The summed E-state index contributed by atoms with van der Waals surface area (Å²) in [7, 11) is 1.54. The molecule has 2 rings (SSSR count). The fraction of sp³-hybridized carbons (Fsp3) is 0.579. The lowest BCUT2D eigenvalue weighted by Gasteiger charge is -2.15. The van der Waals surface area contributed by atoms with Crippen molar-refractivity contribution in [1.29, 1.82) is 0 Å². The lowest BCUT2D eigenvalue weighted by Crippen LogP contribution is -2.33. The second-order valence-electron chi connectivity index (χ2n) is 6.58. The van der Waals surface area contributed by atoms with Gasteiger partial charge in [0, 0.05) is 38.9 Å². The number of hydrogen-bond donors (Lipinski definition) is 3. The van der Waals surface area contributed by atoms with E-state index in [4.69, 9.17) is 10.5 Å². The van der Waals surface area contributed by atoms with Gasteiger partial charge in [0.1, 0.15) is 0 Å².